The first-order chi connectivity index (χ1) is 14.5. The van der Waals surface area contributed by atoms with E-state index in [1.54, 1.807) is 42.7 Å². The molecule has 0 spiro atoms. The average molecular weight is 425 g/mol. The minimum absolute atomic E-state index is 0.0248. The van der Waals surface area contributed by atoms with Crippen LogP contribution < -0.4 is 5.32 Å². The van der Waals surface area contributed by atoms with Crippen molar-refractivity contribution in [3.63, 3.8) is 0 Å². The van der Waals surface area contributed by atoms with Crippen LogP contribution in [0.5, 0.6) is 0 Å². The predicted octanol–water partition coefficient (Wildman–Crippen LogP) is 3.27. The maximum Gasteiger partial charge on any atom is 0.253 e. The van der Waals surface area contributed by atoms with Gasteiger partial charge in [-0.2, -0.15) is 0 Å². The number of pyridine rings is 2. The van der Waals surface area contributed by atoms with Crippen molar-refractivity contribution in [3.05, 3.63) is 94.5 Å². The van der Waals surface area contributed by atoms with Gasteiger partial charge in [-0.25, -0.2) is 4.98 Å². The van der Waals surface area contributed by atoms with Crippen molar-refractivity contribution in [3.8, 4) is 0 Å². The van der Waals surface area contributed by atoms with E-state index in [0.29, 0.717) is 30.4 Å². The number of halogens is 1. The van der Waals surface area contributed by atoms with E-state index in [4.69, 9.17) is 11.6 Å². The number of amides is 1. The summed E-state index contributed by atoms with van der Waals surface area (Å²) < 4.78 is 0. The van der Waals surface area contributed by atoms with Gasteiger partial charge in [0.25, 0.3) is 5.91 Å². The van der Waals surface area contributed by atoms with Crippen molar-refractivity contribution in [1.29, 1.82) is 0 Å². The molecule has 30 heavy (non-hydrogen) atoms. The van der Waals surface area contributed by atoms with Gasteiger partial charge in [-0.3, -0.25) is 9.78 Å². The van der Waals surface area contributed by atoms with Crippen molar-refractivity contribution in [2.24, 2.45) is 0 Å². The zero-order valence-corrected chi connectivity index (χ0v) is 17.6. The molecule has 3 rings (SSSR count). The van der Waals surface area contributed by atoms with Crippen LogP contribution in [-0.4, -0.2) is 46.0 Å². The summed E-state index contributed by atoms with van der Waals surface area (Å²) in [5, 5.41) is 13.8. The summed E-state index contributed by atoms with van der Waals surface area (Å²) in [5.41, 5.74) is 3.50. The van der Waals surface area contributed by atoms with Gasteiger partial charge in [-0.05, 0) is 48.4 Å². The lowest BCUT2D eigenvalue weighted by molar-refractivity contribution is 0.0785. The van der Waals surface area contributed by atoms with Gasteiger partial charge in [0.2, 0.25) is 0 Å². The second kappa shape index (κ2) is 10.8. The molecule has 0 aliphatic carbocycles. The topological polar surface area (TPSA) is 78.4 Å². The summed E-state index contributed by atoms with van der Waals surface area (Å²) in [4.78, 5) is 22.3. The van der Waals surface area contributed by atoms with Crippen molar-refractivity contribution in [2.75, 3.05) is 20.1 Å². The number of nitrogens with zero attached hydrogens (tertiary/aromatic N) is 3. The van der Waals surface area contributed by atoms with Gasteiger partial charge < -0.3 is 15.3 Å². The molecule has 2 N–H and O–H groups in total. The van der Waals surface area contributed by atoms with Crippen molar-refractivity contribution < 1.29 is 9.90 Å². The maximum atomic E-state index is 12.6. The van der Waals surface area contributed by atoms with Gasteiger partial charge in [0.15, 0.2) is 0 Å². The molecule has 6 nitrogen and oxygen atoms in total. The van der Waals surface area contributed by atoms with Crippen LogP contribution in [0.15, 0.2) is 67.1 Å². The quantitative estimate of drug-likeness (QED) is 0.407. The van der Waals surface area contributed by atoms with E-state index in [0.717, 1.165) is 23.1 Å². The monoisotopic (exact) mass is 424 g/mol. The highest BCUT2D eigenvalue weighted by Gasteiger charge is 2.12. The third-order valence-corrected chi connectivity index (χ3v) is 4.98. The molecule has 3 aromatic rings. The average Bonchev–Trinajstić information content (AvgIpc) is 2.77. The Balaban J connectivity index is 1.43. The van der Waals surface area contributed by atoms with E-state index >= 15 is 0 Å². The van der Waals surface area contributed by atoms with Crippen LogP contribution in [0.25, 0.3) is 0 Å². The van der Waals surface area contributed by atoms with E-state index in [-0.39, 0.29) is 5.91 Å². The zero-order chi connectivity index (χ0) is 21.3. The molecule has 0 bridgehead atoms. The summed E-state index contributed by atoms with van der Waals surface area (Å²) >= 11 is 5.76. The number of benzene rings is 1. The SMILES string of the molecule is CN(Cc1cccnc1)C(=O)c1ccc(CCNCC(O)c2ccc(Cl)nc2)cc1. The summed E-state index contributed by atoms with van der Waals surface area (Å²) in [7, 11) is 1.79. The molecule has 1 aromatic carbocycles. The molecule has 0 aliphatic rings. The second-order valence-corrected chi connectivity index (χ2v) is 7.49. The molecular formula is C23H25ClN4O2. The number of nitrogens with one attached hydrogen (secondary N) is 1. The smallest absolute Gasteiger partial charge is 0.253 e. The third-order valence-electron chi connectivity index (χ3n) is 4.75. The molecule has 1 unspecified atom stereocenters. The fraction of sp³-hybridized carbons (Fsp3) is 0.261. The van der Waals surface area contributed by atoms with Crippen molar-refractivity contribution >= 4 is 17.5 Å². The molecule has 156 valence electrons. The Morgan fingerprint density at radius 1 is 1.13 bits per heavy atom. The molecule has 0 saturated carbocycles. The molecule has 1 amide bonds. The lowest BCUT2D eigenvalue weighted by Crippen LogP contribution is -2.26. The first kappa shape index (κ1) is 21.9. The van der Waals surface area contributed by atoms with E-state index in [1.807, 2.05) is 36.4 Å². The molecule has 2 aromatic heterocycles. The summed E-state index contributed by atoms with van der Waals surface area (Å²) in [5.74, 6) is -0.0248. The summed E-state index contributed by atoms with van der Waals surface area (Å²) in [6, 6.07) is 14.9. The number of hydrogen-bond acceptors (Lipinski definition) is 5. The second-order valence-electron chi connectivity index (χ2n) is 7.10. The Bertz CT molecular complexity index is 934. The first-order valence-electron chi connectivity index (χ1n) is 9.76. The Morgan fingerprint density at radius 2 is 1.93 bits per heavy atom. The van der Waals surface area contributed by atoms with E-state index in [9.17, 15) is 9.90 Å². The lowest BCUT2D eigenvalue weighted by Gasteiger charge is -2.17. The minimum Gasteiger partial charge on any atom is -0.387 e. The third kappa shape index (κ3) is 6.35. The molecule has 0 aliphatic heterocycles. The van der Waals surface area contributed by atoms with Gasteiger partial charge in [0.1, 0.15) is 5.15 Å². The number of carbonyl (C=O) groups excluding carboxylic acids is 1. The highest BCUT2D eigenvalue weighted by molar-refractivity contribution is 6.29. The number of aromatic nitrogens is 2. The van der Waals surface area contributed by atoms with Crippen molar-refractivity contribution in [2.45, 2.75) is 19.1 Å². The van der Waals surface area contributed by atoms with Gasteiger partial charge in [-0.1, -0.05) is 35.9 Å². The fourth-order valence-electron chi connectivity index (χ4n) is 3.05. The molecule has 1 atom stereocenters. The molecule has 0 fully saturated rings. The molecule has 2 heterocycles. The highest BCUT2D eigenvalue weighted by Crippen LogP contribution is 2.13. The largest absolute Gasteiger partial charge is 0.387 e. The predicted molar refractivity (Wildman–Crippen MR) is 117 cm³/mol. The van der Waals surface area contributed by atoms with Crippen LogP contribution in [0.1, 0.15) is 33.2 Å². The summed E-state index contributed by atoms with van der Waals surface area (Å²) in [6.45, 7) is 1.66. The number of carbonyl (C=O) groups is 1. The van der Waals surface area contributed by atoms with Crippen LogP contribution >= 0.6 is 11.6 Å². The standard InChI is InChI=1S/C23H25ClN4O2/c1-28(16-18-3-2-11-25-13-18)23(30)19-6-4-17(5-7-19)10-12-26-15-21(29)20-8-9-22(24)27-14-20/h2-9,11,13-14,21,26,29H,10,12,15-16H2,1H3. The van der Waals surface area contributed by atoms with Crippen LogP contribution in [0.3, 0.4) is 0 Å². The molecule has 0 radical (unpaired) electrons. The number of rotatable bonds is 9. The Hall–Kier alpha value is -2.80. The van der Waals surface area contributed by atoms with E-state index in [1.165, 1.54) is 0 Å². The Kier molecular flexibility index (Phi) is 7.90. The summed E-state index contributed by atoms with van der Waals surface area (Å²) in [6.07, 6.45) is 5.22. The number of aliphatic hydroxyl groups excluding tert-OH is 1. The molecule has 7 heteroatoms. The Morgan fingerprint density at radius 3 is 2.60 bits per heavy atom. The van der Waals surface area contributed by atoms with Crippen LogP contribution in [0.2, 0.25) is 5.15 Å². The van der Waals surface area contributed by atoms with E-state index < -0.39 is 6.10 Å². The fourth-order valence-corrected chi connectivity index (χ4v) is 3.16. The van der Waals surface area contributed by atoms with Crippen LogP contribution in [-0.2, 0) is 13.0 Å². The Labute approximate surface area is 181 Å². The molecular weight excluding hydrogens is 400 g/mol. The van der Waals surface area contributed by atoms with E-state index in [2.05, 4.69) is 15.3 Å². The maximum absolute atomic E-state index is 12.6. The lowest BCUT2D eigenvalue weighted by atomic mass is 10.1. The van der Waals surface area contributed by atoms with Gasteiger partial charge >= 0.3 is 0 Å². The van der Waals surface area contributed by atoms with Gasteiger partial charge in [0, 0.05) is 49.9 Å². The first-order valence-corrected chi connectivity index (χ1v) is 10.1. The minimum atomic E-state index is -0.634. The van der Waals surface area contributed by atoms with Gasteiger partial charge in [-0.15, -0.1) is 0 Å². The zero-order valence-electron chi connectivity index (χ0n) is 16.8. The van der Waals surface area contributed by atoms with Gasteiger partial charge in [0.05, 0.1) is 6.10 Å². The highest BCUT2D eigenvalue weighted by atomic mass is 35.5. The number of aliphatic hydroxyl groups is 1. The van der Waals surface area contributed by atoms with Crippen molar-refractivity contribution in [1.82, 2.24) is 20.2 Å². The normalized spacial score (nSPS) is 11.8. The number of hydrogen-bond donors (Lipinski definition) is 2. The molecule has 0 saturated heterocycles. The van der Waals surface area contributed by atoms with Crippen LogP contribution in [0.4, 0.5) is 0 Å². The van der Waals surface area contributed by atoms with Crippen LogP contribution in [0, 0.1) is 0 Å².